The average molecular weight is 340 g/mol. The molecule has 0 aliphatic rings. The predicted octanol–water partition coefficient (Wildman–Crippen LogP) is 5.46. The van der Waals surface area contributed by atoms with E-state index in [9.17, 15) is 8.76 Å². The number of rotatable bonds is 14. The molecule has 4 heteroatoms. The van der Waals surface area contributed by atoms with Gasteiger partial charge in [-0.05, 0) is 24.0 Å². The minimum atomic E-state index is -2.44. The molecule has 132 valence electrons. The lowest BCUT2D eigenvalue weighted by atomic mass is 10.0. The Balaban J connectivity index is 2.05. The van der Waals surface area contributed by atoms with Gasteiger partial charge in [0.2, 0.25) is 0 Å². The Labute approximate surface area is 144 Å². The van der Waals surface area contributed by atoms with E-state index in [1.807, 2.05) is 18.2 Å². The molecule has 0 N–H and O–H groups in total. The van der Waals surface area contributed by atoms with Crippen LogP contribution in [0.4, 0.5) is 0 Å². The van der Waals surface area contributed by atoms with Crippen LogP contribution in [0.2, 0.25) is 0 Å². The number of unbranched alkanes of at least 4 members (excludes halogenated alkanes) is 9. The number of hydrogen-bond donors (Lipinski definition) is 0. The van der Waals surface area contributed by atoms with Crippen LogP contribution < -0.4 is 0 Å². The summed E-state index contributed by atoms with van der Waals surface area (Å²) >= 11 is -2.44. The Morgan fingerprint density at radius 3 is 2.09 bits per heavy atom. The second-order valence-corrected chi connectivity index (χ2v) is 6.86. The lowest BCUT2D eigenvalue weighted by Gasteiger charge is -2.08. The molecule has 0 radical (unpaired) electrons. The fourth-order valence-corrected chi connectivity index (χ4v) is 3.04. The van der Waals surface area contributed by atoms with Gasteiger partial charge in [0.05, 0.1) is 18.0 Å². The highest BCUT2D eigenvalue weighted by molar-refractivity contribution is 7.74. The van der Waals surface area contributed by atoms with Crippen LogP contribution >= 0.6 is 0 Å². The maximum absolute atomic E-state index is 10.4. The van der Waals surface area contributed by atoms with Gasteiger partial charge in [0.1, 0.15) is 0 Å². The minimum Gasteiger partial charge on any atom is -0.750 e. The van der Waals surface area contributed by atoms with E-state index in [4.69, 9.17) is 0 Å². The summed E-state index contributed by atoms with van der Waals surface area (Å²) in [5.41, 5.74) is 2.18. The molecule has 1 rings (SSSR count). The molecule has 0 amide bonds. The first-order valence-corrected chi connectivity index (χ1v) is 10.0. The second kappa shape index (κ2) is 13.7. The molecule has 1 unspecified atom stereocenters. The Bertz CT molecular complexity index is 434. The van der Waals surface area contributed by atoms with Crippen molar-refractivity contribution in [3.05, 3.63) is 35.4 Å². The summed E-state index contributed by atoms with van der Waals surface area (Å²) in [6.45, 7) is 2.38. The van der Waals surface area contributed by atoms with E-state index < -0.39 is 11.4 Å². The molecule has 0 saturated carbocycles. The molecule has 0 spiro atoms. The van der Waals surface area contributed by atoms with E-state index >= 15 is 0 Å². The standard InChI is InChI=1S/C19H32O3S/c1-2-3-4-5-6-7-8-9-10-11-13-18-14-12-15-19(16-18)17-22-23(20)21/h12,14-16H,2-11,13,17H2,1H3,(H,20,21)/p-1. The Kier molecular flexibility index (Phi) is 12.1. The van der Waals surface area contributed by atoms with Gasteiger partial charge in [0.25, 0.3) is 0 Å². The molecular formula is C19H31O3S-. The van der Waals surface area contributed by atoms with E-state index in [-0.39, 0.29) is 6.61 Å². The van der Waals surface area contributed by atoms with Gasteiger partial charge in [-0.2, -0.15) is 0 Å². The quantitative estimate of drug-likeness (QED) is 0.334. The lowest BCUT2D eigenvalue weighted by molar-refractivity contribution is 0.291. The molecule has 0 heterocycles. The van der Waals surface area contributed by atoms with Crippen molar-refractivity contribution in [1.29, 1.82) is 0 Å². The summed E-state index contributed by atoms with van der Waals surface area (Å²) in [7, 11) is 0. The second-order valence-electron chi connectivity index (χ2n) is 6.22. The summed E-state index contributed by atoms with van der Waals surface area (Å²) in [6.07, 6.45) is 14.5. The van der Waals surface area contributed by atoms with Crippen LogP contribution in [0.25, 0.3) is 0 Å². The molecule has 1 aromatic carbocycles. The Hall–Kier alpha value is -0.710. The number of hydrogen-bond acceptors (Lipinski definition) is 3. The van der Waals surface area contributed by atoms with Gasteiger partial charge < -0.3 is 4.55 Å². The summed E-state index contributed by atoms with van der Waals surface area (Å²) in [6, 6.07) is 8.01. The van der Waals surface area contributed by atoms with E-state index in [2.05, 4.69) is 17.2 Å². The zero-order chi connectivity index (χ0) is 16.8. The summed E-state index contributed by atoms with van der Waals surface area (Å²) < 4.78 is 25.4. The summed E-state index contributed by atoms with van der Waals surface area (Å²) in [5.74, 6) is 0. The van der Waals surface area contributed by atoms with Crippen LogP contribution in [0.1, 0.15) is 82.3 Å². The van der Waals surface area contributed by atoms with Gasteiger partial charge in [-0.3, -0.25) is 4.18 Å². The van der Waals surface area contributed by atoms with Crippen molar-refractivity contribution in [2.45, 2.75) is 84.2 Å². The maximum atomic E-state index is 10.4. The number of aryl methyl sites for hydroxylation is 1. The normalized spacial score (nSPS) is 12.4. The third kappa shape index (κ3) is 11.5. The fourth-order valence-electron chi connectivity index (χ4n) is 2.81. The average Bonchev–Trinajstić information content (AvgIpc) is 2.55. The van der Waals surface area contributed by atoms with Crippen molar-refractivity contribution in [2.24, 2.45) is 0 Å². The SMILES string of the molecule is CCCCCCCCCCCCc1cccc(COS(=O)[O-])c1. The van der Waals surface area contributed by atoms with Gasteiger partial charge >= 0.3 is 0 Å². The lowest BCUT2D eigenvalue weighted by Crippen LogP contribution is -1.97. The van der Waals surface area contributed by atoms with Crippen LogP contribution in [-0.4, -0.2) is 8.76 Å². The fraction of sp³-hybridized carbons (Fsp3) is 0.684. The van der Waals surface area contributed by atoms with E-state index in [1.165, 1.54) is 69.8 Å². The van der Waals surface area contributed by atoms with Gasteiger partial charge in [0.15, 0.2) is 0 Å². The molecule has 1 aromatic rings. The highest BCUT2D eigenvalue weighted by Crippen LogP contribution is 2.14. The highest BCUT2D eigenvalue weighted by Gasteiger charge is 1.98. The predicted molar refractivity (Wildman–Crippen MR) is 95.7 cm³/mol. The van der Waals surface area contributed by atoms with Crippen molar-refractivity contribution in [3.8, 4) is 0 Å². The molecule has 0 aromatic heterocycles. The topological polar surface area (TPSA) is 49.4 Å². The summed E-state index contributed by atoms with van der Waals surface area (Å²) in [4.78, 5) is 0. The number of benzene rings is 1. The molecule has 0 saturated heterocycles. The molecule has 1 atom stereocenters. The molecule has 23 heavy (non-hydrogen) atoms. The van der Waals surface area contributed by atoms with Crippen LogP contribution in [0, 0.1) is 0 Å². The molecule has 0 aliphatic carbocycles. The van der Waals surface area contributed by atoms with E-state index in [0.29, 0.717) is 0 Å². The van der Waals surface area contributed by atoms with E-state index in [1.54, 1.807) is 0 Å². The zero-order valence-corrected chi connectivity index (χ0v) is 15.2. The van der Waals surface area contributed by atoms with Crippen molar-refractivity contribution >= 4 is 11.4 Å². The molecule has 0 fully saturated rings. The Morgan fingerprint density at radius 2 is 1.48 bits per heavy atom. The van der Waals surface area contributed by atoms with Gasteiger partial charge in [-0.25, -0.2) is 4.21 Å². The van der Waals surface area contributed by atoms with Crippen molar-refractivity contribution in [1.82, 2.24) is 0 Å². The third-order valence-electron chi connectivity index (χ3n) is 4.13. The highest BCUT2D eigenvalue weighted by atomic mass is 32.2. The van der Waals surface area contributed by atoms with Gasteiger partial charge in [0, 0.05) is 0 Å². The Morgan fingerprint density at radius 1 is 0.913 bits per heavy atom. The van der Waals surface area contributed by atoms with Gasteiger partial charge in [-0.1, -0.05) is 89.0 Å². The third-order valence-corrected chi connectivity index (χ3v) is 4.44. The first-order chi connectivity index (χ1) is 11.2. The van der Waals surface area contributed by atoms with Crippen molar-refractivity contribution in [2.75, 3.05) is 0 Å². The largest absolute Gasteiger partial charge is 0.750 e. The van der Waals surface area contributed by atoms with Crippen molar-refractivity contribution in [3.63, 3.8) is 0 Å². The molecule has 0 aliphatic heterocycles. The zero-order valence-electron chi connectivity index (χ0n) is 14.4. The molecule has 3 nitrogen and oxygen atoms in total. The van der Waals surface area contributed by atoms with Crippen LogP contribution in [-0.2, 0) is 28.6 Å². The summed E-state index contributed by atoms with van der Waals surface area (Å²) in [5, 5.41) is 0. The van der Waals surface area contributed by atoms with Crippen LogP contribution in [0.15, 0.2) is 24.3 Å². The monoisotopic (exact) mass is 339 g/mol. The first kappa shape index (κ1) is 20.3. The van der Waals surface area contributed by atoms with Gasteiger partial charge in [-0.15, -0.1) is 0 Å². The first-order valence-electron chi connectivity index (χ1n) is 9.02. The minimum absolute atomic E-state index is 0.127. The smallest absolute Gasteiger partial charge is 0.0879 e. The van der Waals surface area contributed by atoms with E-state index in [0.717, 1.165) is 12.0 Å². The van der Waals surface area contributed by atoms with Crippen molar-refractivity contribution < 1.29 is 12.9 Å². The van der Waals surface area contributed by atoms with Crippen LogP contribution in [0.3, 0.4) is 0 Å². The maximum Gasteiger partial charge on any atom is 0.0879 e. The van der Waals surface area contributed by atoms with Crippen LogP contribution in [0.5, 0.6) is 0 Å². The molecule has 0 bridgehead atoms. The molecular weight excluding hydrogens is 308 g/mol.